The van der Waals surface area contributed by atoms with E-state index < -0.39 is 5.97 Å². The minimum absolute atomic E-state index is 0.389. The molecule has 5 heteroatoms. The molecule has 0 bridgehead atoms. The van der Waals surface area contributed by atoms with Crippen LogP contribution in [0.1, 0.15) is 12.0 Å². The highest BCUT2D eigenvalue weighted by molar-refractivity contribution is 7.99. The lowest BCUT2D eigenvalue weighted by Crippen LogP contribution is -2.18. The van der Waals surface area contributed by atoms with Crippen molar-refractivity contribution in [1.82, 2.24) is 0 Å². The molecule has 0 aliphatic rings. The van der Waals surface area contributed by atoms with E-state index in [1.54, 1.807) is 6.26 Å². The first-order valence-corrected chi connectivity index (χ1v) is 6.88. The Morgan fingerprint density at radius 3 is 2.65 bits per heavy atom. The van der Waals surface area contributed by atoms with Gasteiger partial charge in [0.2, 0.25) is 0 Å². The molecule has 0 fully saturated rings. The van der Waals surface area contributed by atoms with Crippen LogP contribution in [-0.4, -0.2) is 29.2 Å². The summed E-state index contributed by atoms with van der Waals surface area (Å²) in [6, 6.07) is 7.40. The van der Waals surface area contributed by atoms with Crippen LogP contribution in [0.4, 0.5) is 0 Å². The van der Waals surface area contributed by atoms with Gasteiger partial charge < -0.3 is 9.84 Å². The van der Waals surface area contributed by atoms with Gasteiger partial charge in [-0.25, -0.2) is 0 Å². The van der Waals surface area contributed by atoms with E-state index in [1.807, 2.05) is 24.3 Å². The summed E-state index contributed by atoms with van der Waals surface area (Å²) in [6.07, 6.45) is 2.31. The Kier molecular flexibility index (Phi) is 6.40. The molecule has 1 aromatic rings. The lowest BCUT2D eigenvalue weighted by Gasteiger charge is -2.09. The summed E-state index contributed by atoms with van der Waals surface area (Å²) >= 11 is 7.09. The number of carboxylic acids is 1. The number of hydrogen-bond acceptors (Lipinski definition) is 3. The van der Waals surface area contributed by atoms with Gasteiger partial charge in [-0.1, -0.05) is 23.7 Å². The van der Waals surface area contributed by atoms with Crippen LogP contribution in [0.15, 0.2) is 24.3 Å². The highest BCUT2D eigenvalue weighted by atomic mass is 35.5. The number of carbonyl (C=O) groups is 1. The molecule has 1 unspecified atom stereocenters. The molecule has 3 nitrogen and oxygen atoms in total. The average Bonchev–Trinajstić information content (AvgIpc) is 2.31. The molecule has 0 saturated carbocycles. The van der Waals surface area contributed by atoms with E-state index in [4.69, 9.17) is 21.4 Å². The van der Waals surface area contributed by atoms with Gasteiger partial charge in [-0.2, -0.15) is 11.8 Å². The van der Waals surface area contributed by atoms with Crippen molar-refractivity contribution in [1.29, 1.82) is 0 Å². The Hall–Kier alpha value is -0.710. The van der Waals surface area contributed by atoms with Crippen molar-refractivity contribution in [3.05, 3.63) is 34.9 Å². The number of thioether (sulfide) groups is 1. The van der Waals surface area contributed by atoms with Crippen LogP contribution in [0.5, 0.6) is 0 Å². The van der Waals surface area contributed by atoms with E-state index >= 15 is 0 Å². The Morgan fingerprint density at radius 2 is 2.12 bits per heavy atom. The molecule has 1 rings (SSSR count). The standard InChI is InChI=1S/C12H15ClO3S/c1-17-11(12(14)15)6-7-16-8-9-2-4-10(13)5-3-9/h2-5,11H,6-8H2,1H3,(H,14,15). The number of halogens is 1. The van der Waals surface area contributed by atoms with Crippen molar-refractivity contribution in [2.24, 2.45) is 0 Å². The second-order valence-corrected chi connectivity index (χ2v) is 5.01. The van der Waals surface area contributed by atoms with Crippen molar-refractivity contribution in [2.45, 2.75) is 18.3 Å². The van der Waals surface area contributed by atoms with Crippen LogP contribution in [0, 0.1) is 0 Å². The van der Waals surface area contributed by atoms with Gasteiger partial charge >= 0.3 is 5.97 Å². The SMILES string of the molecule is CSC(CCOCc1ccc(Cl)cc1)C(=O)O. The fraction of sp³-hybridized carbons (Fsp3) is 0.417. The zero-order valence-corrected chi connectivity index (χ0v) is 11.1. The summed E-state index contributed by atoms with van der Waals surface area (Å²) in [7, 11) is 0. The maximum absolute atomic E-state index is 10.7. The average molecular weight is 275 g/mol. The molecular weight excluding hydrogens is 260 g/mol. The number of rotatable bonds is 7. The van der Waals surface area contributed by atoms with Crippen molar-refractivity contribution < 1.29 is 14.6 Å². The molecule has 94 valence electrons. The summed E-state index contributed by atoms with van der Waals surface area (Å²) in [6.45, 7) is 0.929. The maximum Gasteiger partial charge on any atom is 0.316 e. The second kappa shape index (κ2) is 7.58. The summed E-state index contributed by atoms with van der Waals surface area (Å²) in [5, 5.41) is 9.14. The fourth-order valence-electron chi connectivity index (χ4n) is 1.30. The summed E-state index contributed by atoms with van der Waals surface area (Å²) in [4.78, 5) is 10.7. The molecule has 0 aromatic heterocycles. The van der Waals surface area contributed by atoms with Gasteiger partial charge in [0, 0.05) is 11.6 Å². The maximum atomic E-state index is 10.7. The molecule has 0 radical (unpaired) electrons. The predicted octanol–water partition coefficient (Wildman–Crippen LogP) is 3.06. The molecule has 1 aromatic carbocycles. The van der Waals surface area contributed by atoms with E-state index in [0.717, 1.165) is 5.56 Å². The van der Waals surface area contributed by atoms with Crippen LogP contribution < -0.4 is 0 Å². The Bertz CT molecular complexity index is 353. The minimum Gasteiger partial charge on any atom is -0.480 e. The smallest absolute Gasteiger partial charge is 0.316 e. The van der Waals surface area contributed by atoms with Crippen LogP contribution in [0.3, 0.4) is 0 Å². The van der Waals surface area contributed by atoms with Crippen molar-refractivity contribution in [3.63, 3.8) is 0 Å². The normalized spacial score (nSPS) is 12.4. The van der Waals surface area contributed by atoms with E-state index in [0.29, 0.717) is 24.7 Å². The number of ether oxygens (including phenoxy) is 1. The number of hydrogen-bond donors (Lipinski definition) is 1. The highest BCUT2D eigenvalue weighted by Gasteiger charge is 2.14. The molecule has 0 saturated heterocycles. The van der Waals surface area contributed by atoms with Gasteiger partial charge in [-0.3, -0.25) is 4.79 Å². The Labute approximate surface area is 110 Å². The van der Waals surface area contributed by atoms with Gasteiger partial charge in [0.25, 0.3) is 0 Å². The van der Waals surface area contributed by atoms with Crippen molar-refractivity contribution >= 4 is 29.3 Å². The number of carboxylic acid groups (broad SMARTS) is 1. The monoisotopic (exact) mass is 274 g/mol. The minimum atomic E-state index is -0.785. The van der Waals surface area contributed by atoms with Gasteiger partial charge in [0.15, 0.2) is 0 Å². The third-order valence-corrected chi connectivity index (χ3v) is 3.52. The van der Waals surface area contributed by atoms with Crippen LogP contribution in [-0.2, 0) is 16.1 Å². The third kappa shape index (κ3) is 5.44. The molecule has 17 heavy (non-hydrogen) atoms. The van der Waals surface area contributed by atoms with E-state index in [-0.39, 0.29) is 5.25 Å². The second-order valence-electron chi connectivity index (χ2n) is 3.53. The molecule has 0 spiro atoms. The molecule has 0 aliphatic heterocycles. The zero-order valence-electron chi connectivity index (χ0n) is 9.56. The topological polar surface area (TPSA) is 46.5 Å². The first kappa shape index (κ1) is 14.4. The Balaban J connectivity index is 2.24. The molecular formula is C12H15ClO3S. The lowest BCUT2D eigenvalue weighted by molar-refractivity contribution is -0.136. The lowest BCUT2D eigenvalue weighted by atomic mass is 10.2. The van der Waals surface area contributed by atoms with E-state index in [1.165, 1.54) is 11.8 Å². The first-order valence-electron chi connectivity index (χ1n) is 5.21. The van der Waals surface area contributed by atoms with Crippen LogP contribution in [0.25, 0.3) is 0 Å². The number of aliphatic carboxylic acids is 1. The summed E-state index contributed by atoms with van der Waals surface area (Å²) < 4.78 is 5.42. The van der Waals surface area contributed by atoms with Gasteiger partial charge in [0.05, 0.1) is 6.61 Å². The van der Waals surface area contributed by atoms with E-state index in [9.17, 15) is 4.79 Å². The van der Waals surface area contributed by atoms with Gasteiger partial charge in [0.1, 0.15) is 5.25 Å². The van der Waals surface area contributed by atoms with Crippen molar-refractivity contribution in [3.8, 4) is 0 Å². The molecule has 1 atom stereocenters. The third-order valence-electron chi connectivity index (χ3n) is 2.27. The quantitative estimate of drug-likeness (QED) is 0.776. The van der Waals surface area contributed by atoms with Gasteiger partial charge in [-0.05, 0) is 30.4 Å². The summed E-state index contributed by atoms with van der Waals surface area (Å²) in [5.41, 5.74) is 1.03. The number of benzene rings is 1. The summed E-state index contributed by atoms with van der Waals surface area (Å²) in [5.74, 6) is -0.785. The largest absolute Gasteiger partial charge is 0.480 e. The van der Waals surface area contributed by atoms with Crippen LogP contribution >= 0.6 is 23.4 Å². The molecule has 1 N–H and O–H groups in total. The first-order chi connectivity index (χ1) is 8.13. The zero-order chi connectivity index (χ0) is 12.7. The molecule has 0 heterocycles. The van der Waals surface area contributed by atoms with E-state index in [2.05, 4.69) is 0 Å². The fourth-order valence-corrected chi connectivity index (χ4v) is 1.96. The Morgan fingerprint density at radius 1 is 1.47 bits per heavy atom. The molecule has 0 amide bonds. The van der Waals surface area contributed by atoms with Crippen molar-refractivity contribution in [2.75, 3.05) is 12.9 Å². The molecule has 0 aliphatic carbocycles. The van der Waals surface area contributed by atoms with Crippen LogP contribution in [0.2, 0.25) is 5.02 Å². The predicted molar refractivity (Wildman–Crippen MR) is 70.7 cm³/mol. The highest BCUT2D eigenvalue weighted by Crippen LogP contribution is 2.13. The van der Waals surface area contributed by atoms with Gasteiger partial charge in [-0.15, -0.1) is 0 Å².